The van der Waals surface area contributed by atoms with Gasteiger partial charge in [-0.15, -0.1) is 5.10 Å². The summed E-state index contributed by atoms with van der Waals surface area (Å²) in [6.07, 6.45) is 1.66. The lowest BCUT2D eigenvalue weighted by Gasteiger charge is -2.09. The van der Waals surface area contributed by atoms with Crippen LogP contribution in [0, 0.1) is 10.1 Å². The smallest absolute Gasteiger partial charge is 0.350 e. The lowest BCUT2D eigenvalue weighted by molar-refractivity contribution is -0.384. The van der Waals surface area contributed by atoms with Gasteiger partial charge in [0.05, 0.1) is 11.5 Å². The first kappa shape index (κ1) is 19.8. The minimum atomic E-state index is -0.510. The van der Waals surface area contributed by atoms with Crippen LogP contribution in [0.4, 0.5) is 11.4 Å². The maximum absolute atomic E-state index is 12.4. The van der Waals surface area contributed by atoms with E-state index >= 15 is 0 Å². The van der Waals surface area contributed by atoms with Gasteiger partial charge in [-0.25, -0.2) is 9.48 Å². The van der Waals surface area contributed by atoms with Crippen LogP contribution in [0.2, 0.25) is 0 Å². The van der Waals surface area contributed by atoms with Crippen molar-refractivity contribution in [2.75, 3.05) is 11.9 Å². The Morgan fingerprint density at radius 2 is 1.90 bits per heavy atom. The largest absolute Gasteiger partial charge is 0.484 e. The molecule has 156 valence electrons. The molecule has 0 fully saturated rings. The fourth-order valence-electron chi connectivity index (χ4n) is 3.00. The van der Waals surface area contributed by atoms with Gasteiger partial charge < -0.3 is 10.1 Å². The Morgan fingerprint density at radius 1 is 1.10 bits per heavy atom. The molecule has 31 heavy (non-hydrogen) atoms. The first-order valence-electron chi connectivity index (χ1n) is 9.30. The molecule has 0 saturated heterocycles. The number of ether oxygens (including phenoxy) is 1. The number of hydrogen-bond donors (Lipinski definition) is 1. The van der Waals surface area contributed by atoms with Crippen LogP contribution >= 0.6 is 0 Å². The number of nitrogens with one attached hydrogen (secondary N) is 1. The third-order valence-electron chi connectivity index (χ3n) is 4.45. The van der Waals surface area contributed by atoms with Gasteiger partial charge in [0, 0.05) is 24.0 Å². The average molecular weight is 419 g/mol. The summed E-state index contributed by atoms with van der Waals surface area (Å²) >= 11 is 0. The zero-order valence-electron chi connectivity index (χ0n) is 16.2. The van der Waals surface area contributed by atoms with Crippen LogP contribution in [0.5, 0.6) is 5.75 Å². The van der Waals surface area contributed by atoms with Crippen LogP contribution < -0.4 is 15.7 Å². The maximum Gasteiger partial charge on any atom is 0.350 e. The molecule has 4 aromatic rings. The molecule has 1 amide bonds. The Hall–Kier alpha value is -4.47. The summed E-state index contributed by atoms with van der Waals surface area (Å²) in [5, 5.41) is 17.7. The Kier molecular flexibility index (Phi) is 5.43. The minimum absolute atomic E-state index is 0.0571. The topological polar surface area (TPSA) is 121 Å². The van der Waals surface area contributed by atoms with E-state index < -0.39 is 4.92 Å². The second-order valence-corrected chi connectivity index (χ2v) is 6.66. The van der Waals surface area contributed by atoms with E-state index in [1.165, 1.54) is 33.3 Å². The number of aromatic nitrogens is 3. The summed E-state index contributed by atoms with van der Waals surface area (Å²) in [5.41, 5.74) is 1.59. The molecular weight excluding hydrogens is 402 g/mol. The number of nitro benzene ring substituents is 1. The van der Waals surface area contributed by atoms with Crippen molar-refractivity contribution in [1.29, 1.82) is 0 Å². The monoisotopic (exact) mass is 419 g/mol. The predicted octanol–water partition coefficient (Wildman–Crippen LogP) is 2.47. The van der Waals surface area contributed by atoms with Gasteiger partial charge in [-0.1, -0.05) is 18.2 Å². The van der Waals surface area contributed by atoms with Gasteiger partial charge in [0.15, 0.2) is 12.3 Å². The Bertz CT molecular complexity index is 1310. The van der Waals surface area contributed by atoms with E-state index in [1.54, 1.807) is 42.6 Å². The fraction of sp³-hybridized carbons (Fsp3) is 0.0952. The molecule has 2 heterocycles. The van der Waals surface area contributed by atoms with Crippen molar-refractivity contribution in [1.82, 2.24) is 14.2 Å². The van der Waals surface area contributed by atoms with Gasteiger partial charge >= 0.3 is 5.69 Å². The summed E-state index contributed by atoms with van der Waals surface area (Å²) < 4.78 is 8.17. The number of pyridine rings is 1. The van der Waals surface area contributed by atoms with Crippen LogP contribution in [-0.2, 0) is 11.3 Å². The van der Waals surface area contributed by atoms with Crippen molar-refractivity contribution >= 4 is 22.9 Å². The highest BCUT2D eigenvalue weighted by atomic mass is 16.6. The van der Waals surface area contributed by atoms with Gasteiger partial charge in [-0.2, -0.15) is 0 Å². The molecule has 2 aromatic carbocycles. The molecule has 0 unspecified atom stereocenters. The van der Waals surface area contributed by atoms with Gasteiger partial charge in [0.25, 0.3) is 11.6 Å². The van der Waals surface area contributed by atoms with Crippen LogP contribution in [-0.4, -0.2) is 31.6 Å². The molecule has 0 atom stereocenters. The van der Waals surface area contributed by atoms with Crippen molar-refractivity contribution in [3.8, 4) is 5.75 Å². The SMILES string of the molecule is O=C(COc1ccc([N+](=O)[O-])cc1)Nc1cccc(Cn2nc3ccccn3c2=O)c1. The van der Waals surface area contributed by atoms with Crippen molar-refractivity contribution in [3.63, 3.8) is 0 Å². The van der Waals surface area contributed by atoms with Crippen molar-refractivity contribution in [2.24, 2.45) is 0 Å². The number of benzene rings is 2. The molecule has 1 N–H and O–H groups in total. The molecule has 0 aliphatic carbocycles. The maximum atomic E-state index is 12.4. The Balaban J connectivity index is 1.38. The normalized spacial score (nSPS) is 10.7. The summed E-state index contributed by atoms with van der Waals surface area (Å²) in [6.45, 7) is -0.00253. The molecule has 4 rings (SSSR count). The zero-order chi connectivity index (χ0) is 21.8. The standard InChI is InChI=1S/C21H17N5O5/c27-20(14-31-18-9-7-17(8-10-18)26(29)30)22-16-5-3-4-15(12-16)13-25-21(28)24-11-2-1-6-19(24)23-25/h1-12H,13-14H2,(H,22,27). The van der Waals surface area contributed by atoms with E-state index in [9.17, 15) is 19.7 Å². The number of non-ortho nitro benzene ring substituents is 1. The Morgan fingerprint density at radius 3 is 2.65 bits per heavy atom. The molecule has 10 nitrogen and oxygen atoms in total. The third-order valence-corrected chi connectivity index (χ3v) is 4.45. The molecule has 0 radical (unpaired) electrons. The second kappa shape index (κ2) is 8.49. The molecule has 0 saturated carbocycles. The number of fused-ring (bicyclic) bond motifs is 1. The molecular formula is C21H17N5O5. The van der Waals surface area contributed by atoms with Gasteiger partial charge in [0.1, 0.15) is 5.75 Å². The van der Waals surface area contributed by atoms with Crippen LogP contribution in [0.1, 0.15) is 5.56 Å². The van der Waals surface area contributed by atoms with Gasteiger partial charge in [0.2, 0.25) is 0 Å². The van der Waals surface area contributed by atoms with E-state index in [2.05, 4.69) is 10.4 Å². The highest BCUT2D eigenvalue weighted by Crippen LogP contribution is 2.17. The number of rotatable bonds is 7. The number of anilines is 1. The summed E-state index contributed by atoms with van der Waals surface area (Å²) in [4.78, 5) is 34.8. The predicted molar refractivity (Wildman–Crippen MR) is 112 cm³/mol. The number of nitro groups is 1. The van der Waals surface area contributed by atoms with Gasteiger partial charge in [-0.05, 0) is 42.0 Å². The van der Waals surface area contributed by atoms with Crippen LogP contribution in [0.25, 0.3) is 5.65 Å². The van der Waals surface area contributed by atoms with Crippen molar-refractivity contribution < 1.29 is 14.5 Å². The summed E-state index contributed by atoms with van der Waals surface area (Å²) in [7, 11) is 0. The molecule has 10 heteroatoms. The van der Waals surface area contributed by atoms with E-state index in [1.807, 2.05) is 6.07 Å². The highest BCUT2D eigenvalue weighted by Gasteiger charge is 2.09. The van der Waals surface area contributed by atoms with Crippen molar-refractivity contribution in [3.05, 3.63) is 99.1 Å². The Labute approximate surface area is 175 Å². The number of nitrogens with zero attached hydrogens (tertiary/aromatic N) is 4. The van der Waals surface area contributed by atoms with Gasteiger partial charge in [-0.3, -0.25) is 19.3 Å². The van der Waals surface area contributed by atoms with E-state index in [4.69, 9.17) is 4.74 Å². The van der Waals surface area contributed by atoms with E-state index in [0.29, 0.717) is 17.1 Å². The number of carbonyl (C=O) groups excluding carboxylic acids is 1. The first-order valence-corrected chi connectivity index (χ1v) is 9.30. The van der Waals surface area contributed by atoms with Crippen molar-refractivity contribution in [2.45, 2.75) is 6.54 Å². The molecule has 0 bridgehead atoms. The van der Waals surface area contributed by atoms with E-state index in [-0.39, 0.29) is 30.4 Å². The number of hydrogen-bond acceptors (Lipinski definition) is 6. The van der Waals surface area contributed by atoms with Crippen LogP contribution in [0.3, 0.4) is 0 Å². The second-order valence-electron chi connectivity index (χ2n) is 6.66. The van der Waals surface area contributed by atoms with E-state index in [0.717, 1.165) is 5.56 Å². The fourth-order valence-corrected chi connectivity index (χ4v) is 3.00. The molecule has 0 aliphatic heterocycles. The lowest BCUT2D eigenvalue weighted by atomic mass is 10.2. The van der Waals surface area contributed by atoms with Crippen LogP contribution in [0.15, 0.2) is 77.7 Å². The molecule has 0 aliphatic rings. The lowest BCUT2D eigenvalue weighted by Crippen LogP contribution is -2.22. The first-order chi connectivity index (χ1) is 15.0. The third kappa shape index (κ3) is 4.58. The quantitative estimate of drug-likeness (QED) is 0.363. The minimum Gasteiger partial charge on any atom is -0.484 e. The summed E-state index contributed by atoms with van der Waals surface area (Å²) in [5.74, 6) is -0.0406. The molecule has 0 spiro atoms. The average Bonchev–Trinajstić information content (AvgIpc) is 3.08. The molecule has 2 aromatic heterocycles. The number of carbonyl (C=O) groups is 1. The summed E-state index contributed by atoms with van der Waals surface area (Å²) in [6, 6.07) is 17.9. The number of amides is 1. The highest BCUT2D eigenvalue weighted by molar-refractivity contribution is 5.91. The zero-order valence-corrected chi connectivity index (χ0v) is 16.2.